The Kier molecular flexibility index (Phi) is 2.25. The van der Waals surface area contributed by atoms with Gasteiger partial charge >= 0.3 is 6.30 Å². The van der Waals surface area contributed by atoms with E-state index < -0.39 is 11.2 Å². The van der Waals surface area contributed by atoms with Gasteiger partial charge in [-0.3, -0.25) is 15.0 Å². The summed E-state index contributed by atoms with van der Waals surface area (Å²) in [4.78, 5) is 9.99. The minimum atomic E-state index is -4.49. The fourth-order valence-electron chi connectivity index (χ4n) is 1.74. The highest BCUT2D eigenvalue weighted by molar-refractivity contribution is 5.63. The van der Waals surface area contributed by atoms with Crippen LogP contribution in [0.4, 0.5) is 24.5 Å². The van der Waals surface area contributed by atoms with Crippen molar-refractivity contribution < 1.29 is 18.1 Å². The van der Waals surface area contributed by atoms with Gasteiger partial charge in [0.15, 0.2) is 0 Å². The average molecular weight is 232 g/mol. The summed E-state index contributed by atoms with van der Waals surface area (Å²) in [6, 6.07) is 3.56. The van der Waals surface area contributed by atoms with E-state index in [1.807, 2.05) is 0 Å². The summed E-state index contributed by atoms with van der Waals surface area (Å²) in [5, 5.41) is 10.5. The molecule has 1 aromatic carbocycles. The maximum Gasteiger partial charge on any atom is 0.484 e. The number of non-ortho nitro benzene ring substituents is 1. The Hall–Kier alpha value is -1.79. The monoisotopic (exact) mass is 232 g/mol. The largest absolute Gasteiger partial charge is 0.484 e. The molecule has 0 amide bonds. The lowest BCUT2D eigenvalue weighted by atomic mass is 10.1. The van der Waals surface area contributed by atoms with E-state index in [4.69, 9.17) is 0 Å². The summed E-state index contributed by atoms with van der Waals surface area (Å²) in [5.74, 6) is 0. The molecule has 0 atom stereocenters. The topological polar surface area (TPSA) is 46.4 Å². The van der Waals surface area contributed by atoms with Crippen LogP contribution in [0.1, 0.15) is 5.56 Å². The van der Waals surface area contributed by atoms with Gasteiger partial charge in [-0.05, 0) is 12.0 Å². The number of fused-ring (bicyclic) bond motifs is 1. The summed E-state index contributed by atoms with van der Waals surface area (Å²) in [6.07, 6.45) is -4.23. The fourth-order valence-corrected chi connectivity index (χ4v) is 1.74. The van der Waals surface area contributed by atoms with Gasteiger partial charge in [-0.25, -0.2) is 0 Å². The third-order valence-electron chi connectivity index (χ3n) is 2.48. The molecule has 7 heteroatoms. The Bertz CT molecular complexity index is 445. The number of nitro benzene ring substituents is 1. The molecular weight excluding hydrogens is 225 g/mol. The van der Waals surface area contributed by atoms with Crippen molar-refractivity contribution in [3.63, 3.8) is 0 Å². The number of hydrogen-bond acceptors (Lipinski definition) is 3. The van der Waals surface area contributed by atoms with E-state index in [1.54, 1.807) is 0 Å². The van der Waals surface area contributed by atoms with Gasteiger partial charge in [-0.2, -0.15) is 13.2 Å². The van der Waals surface area contributed by atoms with Crippen molar-refractivity contribution in [3.05, 3.63) is 33.9 Å². The van der Waals surface area contributed by atoms with Crippen LogP contribution in [0.3, 0.4) is 0 Å². The number of nitrogens with zero attached hydrogens (tertiary/aromatic N) is 2. The van der Waals surface area contributed by atoms with Gasteiger partial charge in [-0.15, -0.1) is 0 Å². The number of rotatable bonds is 1. The molecule has 0 fully saturated rings. The molecule has 0 saturated carbocycles. The van der Waals surface area contributed by atoms with Crippen molar-refractivity contribution in [1.82, 2.24) is 0 Å². The fraction of sp³-hybridized carbons (Fsp3) is 0.333. The molecule has 2 rings (SSSR count). The Morgan fingerprint density at radius 1 is 1.38 bits per heavy atom. The van der Waals surface area contributed by atoms with E-state index in [1.165, 1.54) is 12.1 Å². The second kappa shape index (κ2) is 3.36. The Balaban J connectivity index is 2.45. The molecule has 1 aromatic rings. The van der Waals surface area contributed by atoms with Crippen molar-refractivity contribution in [3.8, 4) is 0 Å². The van der Waals surface area contributed by atoms with Crippen molar-refractivity contribution >= 4 is 11.4 Å². The molecule has 0 bridgehead atoms. The molecular formula is C9H7F3N2O2. The van der Waals surface area contributed by atoms with Crippen LogP contribution in [0.25, 0.3) is 0 Å². The molecule has 86 valence electrons. The van der Waals surface area contributed by atoms with Gasteiger partial charge in [0, 0.05) is 18.7 Å². The first-order valence-electron chi connectivity index (χ1n) is 4.51. The molecule has 0 unspecified atom stereocenters. The van der Waals surface area contributed by atoms with Crippen LogP contribution in [0.2, 0.25) is 0 Å². The zero-order chi connectivity index (χ0) is 11.9. The van der Waals surface area contributed by atoms with Gasteiger partial charge in [0.1, 0.15) is 0 Å². The minimum Gasteiger partial charge on any atom is -0.283 e. The van der Waals surface area contributed by atoms with Crippen LogP contribution in [0.15, 0.2) is 18.2 Å². The van der Waals surface area contributed by atoms with E-state index in [9.17, 15) is 23.3 Å². The first-order chi connectivity index (χ1) is 7.39. The second-order valence-corrected chi connectivity index (χ2v) is 3.44. The van der Waals surface area contributed by atoms with Crippen molar-refractivity contribution in [2.45, 2.75) is 12.7 Å². The number of halogens is 3. The van der Waals surface area contributed by atoms with Gasteiger partial charge < -0.3 is 0 Å². The van der Waals surface area contributed by atoms with Crippen LogP contribution in [0.5, 0.6) is 0 Å². The van der Waals surface area contributed by atoms with E-state index in [-0.39, 0.29) is 29.2 Å². The first kappa shape index (κ1) is 10.7. The molecule has 0 aromatic heterocycles. The predicted octanol–water partition coefficient (Wildman–Crippen LogP) is 2.48. The first-order valence-corrected chi connectivity index (χ1v) is 4.51. The molecule has 1 heterocycles. The van der Waals surface area contributed by atoms with Crippen LogP contribution in [-0.4, -0.2) is 17.8 Å². The molecule has 0 saturated heterocycles. The molecule has 16 heavy (non-hydrogen) atoms. The summed E-state index contributed by atoms with van der Waals surface area (Å²) in [5.41, 5.74) is 0.0551. The Morgan fingerprint density at radius 3 is 2.62 bits per heavy atom. The number of anilines is 1. The van der Waals surface area contributed by atoms with Gasteiger partial charge in [0.25, 0.3) is 5.69 Å². The van der Waals surface area contributed by atoms with E-state index in [0.29, 0.717) is 5.56 Å². The van der Waals surface area contributed by atoms with Crippen LogP contribution in [-0.2, 0) is 6.42 Å². The Morgan fingerprint density at radius 2 is 2.06 bits per heavy atom. The molecule has 0 aliphatic carbocycles. The smallest absolute Gasteiger partial charge is 0.283 e. The summed E-state index contributed by atoms with van der Waals surface area (Å²) in [7, 11) is 0. The molecule has 4 nitrogen and oxygen atoms in total. The normalized spacial score (nSPS) is 15.1. The van der Waals surface area contributed by atoms with Crippen LogP contribution < -0.4 is 4.90 Å². The van der Waals surface area contributed by atoms with Crippen molar-refractivity contribution in [2.75, 3.05) is 11.4 Å². The lowest BCUT2D eigenvalue weighted by Gasteiger charge is -2.21. The molecule has 0 radical (unpaired) electrons. The number of hydrogen-bond donors (Lipinski definition) is 0. The molecule has 0 spiro atoms. The van der Waals surface area contributed by atoms with Crippen molar-refractivity contribution in [1.29, 1.82) is 0 Å². The maximum absolute atomic E-state index is 12.5. The number of alkyl halides is 3. The molecule has 0 N–H and O–H groups in total. The molecule has 1 aliphatic rings. The quantitative estimate of drug-likeness (QED) is 0.424. The van der Waals surface area contributed by atoms with E-state index in [2.05, 4.69) is 0 Å². The van der Waals surface area contributed by atoms with Crippen molar-refractivity contribution in [2.24, 2.45) is 0 Å². The minimum absolute atomic E-state index is 0.110. The summed E-state index contributed by atoms with van der Waals surface area (Å²) < 4.78 is 37.6. The zero-order valence-electron chi connectivity index (χ0n) is 7.99. The van der Waals surface area contributed by atoms with Gasteiger partial charge in [0.05, 0.1) is 10.6 Å². The maximum atomic E-state index is 12.5. The van der Waals surface area contributed by atoms with E-state index in [0.717, 1.165) is 6.07 Å². The summed E-state index contributed by atoms with van der Waals surface area (Å²) in [6.45, 7) is -0.181. The van der Waals surface area contributed by atoms with Gasteiger partial charge in [-0.1, -0.05) is 6.07 Å². The third kappa shape index (κ3) is 1.68. The number of nitro groups is 1. The number of benzene rings is 1. The predicted molar refractivity (Wildman–Crippen MR) is 50.2 cm³/mol. The highest BCUT2D eigenvalue weighted by Gasteiger charge is 2.41. The standard InChI is InChI=1S/C9H7F3N2O2/c10-9(11,12)13-4-3-6-1-2-7(14(15)16)5-8(6)13/h1-2,5H,3-4H2. The third-order valence-corrected chi connectivity index (χ3v) is 2.48. The highest BCUT2D eigenvalue weighted by atomic mass is 19.4. The van der Waals surface area contributed by atoms with Crippen LogP contribution >= 0.6 is 0 Å². The van der Waals surface area contributed by atoms with Gasteiger partial charge in [0.2, 0.25) is 0 Å². The SMILES string of the molecule is O=[N+]([O-])c1ccc2c(c1)N(C(F)(F)F)CC2. The summed E-state index contributed by atoms with van der Waals surface area (Å²) >= 11 is 0. The van der Waals surface area contributed by atoms with Crippen LogP contribution in [0, 0.1) is 10.1 Å². The van der Waals surface area contributed by atoms with E-state index >= 15 is 0 Å². The molecule has 1 aliphatic heterocycles. The zero-order valence-corrected chi connectivity index (χ0v) is 7.99. The average Bonchev–Trinajstić information content (AvgIpc) is 2.58. The second-order valence-electron chi connectivity index (χ2n) is 3.44. The highest BCUT2D eigenvalue weighted by Crippen LogP contribution is 2.38. The lowest BCUT2D eigenvalue weighted by Crippen LogP contribution is -2.36. The Labute approximate surface area is 88.4 Å². The lowest BCUT2D eigenvalue weighted by molar-refractivity contribution is -0.384.